The Morgan fingerprint density at radius 3 is 2.41 bits per heavy atom. The number of hydrogen-bond donors (Lipinski definition) is 0. The van der Waals surface area contributed by atoms with E-state index in [1.807, 2.05) is 23.1 Å². The van der Waals surface area contributed by atoms with Gasteiger partial charge in [0, 0.05) is 41.8 Å². The topological polar surface area (TPSA) is 43.7 Å². The molecule has 0 unspecified atom stereocenters. The van der Waals surface area contributed by atoms with Crippen LogP contribution in [0.25, 0.3) is 10.9 Å². The van der Waals surface area contributed by atoms with Crippen LogP contribution < -0.4 is 9.47 Å². The third-order valence-electron chi connectivity index (χ3n) is 7.09. The molecule has 0 radical (unpaired) electrons. The highest BCUT2D eigenvalue weighted by Gasteiger charge is 2.55. The number of aryl methyl sites for hydroxylation is 1. The summed E-state index contributed by atoms with van der Waals surface area (Å²) in [6, 6.07) is 20.6. The Hall–Kier alpha value is -3.73. The van der Waals surface area contributed by atoms with Crippen molar-refractivity contribution in [3.05, 3.63) is 94.7 Å². The molecule has 1 aromatic heterocycles. The van der Waals surface area contributed by atoms with E-state index in [9.17, 15) is 4.79 Å². The number of benzene rings is 3. The normalized spacial score (nSPS) is 19.0. The van der Waals surface area contributed by atoms with Crippen molar-refractivity contribution in [2.45, 2.75) is 12.0 Å². The minimum atomic E-state index is -0.721. The number of methoxy groups -OCH3 is 2. The van der Waals surface area contributed by atoms with E-state index in [-0.39, 0.29) is 5.91 Å². The van der Waals surface area contributed by atoms with E-state index in [0.717, 1.165) is 39.6 Å². The van der Waals surface area contributed by atoms with Crippen LogP contribution in [0.1, 0.15) is 32.6 Å². The molecule has 3 aromatic carbocycles. The van der Waals surface area contributed by atoms with Gasteiger partial charge >= 0.3 is 0 Å². The second-order valence-electron chi connectivity index (χ2n) is 8.50. The lowest BCUT2D eigenvalue weighted by Crippen LogP contribution is -2.50. The number of carbonyl (C=O) groups excluding carboxylic acids is 1. The van der Waals surface area contributed by atoms with Crippen LogP contribution in [0.15, 0.2) is 66.9 Å². The molecule has 0 N–H and O–H groups in total. The van der Waals surface area contributed by atoms with Crippen LogP contribution >= 0.6 is 0 Å². The van der Waals surface area contributed by atoms with Crippen LogP contribution in [-0.2, 0) is 19.0 Å². The van der Waals surface area contributed by atoms with Gasteiger partial charge in [0.1, 0.15) is 5.54 Å². The van der Waals surface area contributed by atoms with Gasteiger partial charge in [-0.3, -0.25) is 4.79 Å². The SMILES string of the molecule is COc1cc2c(cc1OC)[C@@]1(c3cn(C)c4ccccc34)c3ccccc3C(=O)N1CC2. The molecule has 0 spiro atoms. The quantitative estimate of drug-likeness (QED) is 0.486. The number of fused-ring (bicyclic) bond motifs is 6. The van der Waals surface area contributed by atoms with E-state index in [4.69, 9.17) is 9.47 Å². The van der Waals surface area contributed by atoms with Gasteiger partial charge in [-0.15, -0.1) is 0 Å². The number of carbonyl (C=O) groups is 1. The summed E-state index contributed by atoms with van der Waals surface area (Å²) >= 11 is 0. The van der Waals surface area contributed by atoms with Crippen LogP contribution in [-0.4, -0.2) is 36.1 Å². The molecule has 0 bridgehead atoms. The molecule has 5 heteroatoms. The summed E-state index contributed by atoms with van der Waals surface area (Å²) in [6.45, 7) is 0.638. The van der Waals surface area contributed by atoms with E-state index in [2.05, 4.69) is 60.3 Å². The van der Waals surface area contributed by atoms with Gasteiger partial charge < -0.3 is 18.9 Å². The molecule has 0 fully saturated rings. The maximum Gasteiger partial charge on any atom is 0.255 e. The van der Waals surface area contributed by atoms with Crippen LogP contribution in [0.3, 0.4) is 0 Å². The Kier molecular flexibility index (Phi) is 3.94. The first-order valence-electron chi connectivity index (χ1n) is 10.8. The molecule has 0 saturated heterocycles. The number of aromatic nitrogens is 1. The van der Waals surface area contributed by atoms with Crippen molar-refractivity contribution in [2.75, 3.05) is 20.8 Å². The molecular formula is C27H24N2O3. The third kappa shape index (κ3) is 2.20. The molecule has 6 rings (SSSR count). The molecule has 4 aromatic rings. The van der Waals surface area contributed by atoms with Gasteiger partial charge in [0.05, 0.1) is 14.2 Å². The van der Waals surface area contributed by atoms with Crippen molar-refractivity contribution in [1.29, 1.82) is 0 Å². The van der Waals surface area contributed by atoms with E-state index < -0.39 is 5.54 Å². The number of nitrogens with zero attached hydrogens (tertiary/aromatic N) is 2. The van der Waals surface area contributed by atoms with Gasteiger partial charge in [-0.2, -0.15) is 0 Å². The van der Waals surface area contributed by atoms with Crippen LogP contribution in [0.4, 0.5) is 0 Å². The zero-order valence-electron chi connectivity index (χ0n) is 18.4. The zero-order valence-corrected chi connectivity index (χ0v) is 18.4. The number of hydrogen-bond acceptors (Lipinski definition) is 3. The van der Waals surface area contributed by atoms with Crippen molar-refractivity contribution in [3.8, 4) is 11.5 Å². The first-order valence-corrected chi connectivity index (χ1v) is 10.8. The predicted molar refractivity (Wildman–Crippen MR) is 124 cm³/mol. The van der Waals surface area contributed by atoms with E-state index in [1.54, 1.807) is 14.2 Å². The minimum absolute atomic E-state index is 0.0777. The third-order valence-corrected chi connectivity index (χ3v) is 7.09. The maximum atomic E-state index is 13.7. The minimum Gasteiger partial charge on any atom is -0.493 e. The Morgan fingerprint density at radius 2 is 1.59 bits per heavy atom. The van der Waals surface area contributed by atoms with Gasteiger partial charge in [0.15, 0.2) is 11.5 Å². The molecule has 5 nitrogen and oxygen atoms in total. The van der Waals surface area contributed by atoms with Gasteiger partial charge in [-0.1, -0.05) is 36.4 Å². The summed E-state index contributed by atoms with van der Waals surface area (Å²) in [5, 5.41) is 1.15. The molecule has 3 heterocycles. The number of ether oxygens (including phenoxy) is 2. The Labute approximate surface area is 186 Å². The number of para-hydroxylation sites is 1. The van der Waals surface area contributed by atoms with Crippen LogP contribution in [0.5, 0.6) is 11.5 Å². The molecule has 0 saturated carbocycles. The summed E-state index contributed by atoms with van der Waals surface area (Å²) in [7, 11) is 5.38. The fraction of sp³-hybridized carbons (Fsp3) is 0.222. The monoisotopic (exact) mass is 424 g/mol. The molecule has 2 aliphatic rings. The Morgan fingerprint density at radius 1 is 0.875 bits per heavy atom. The molecule has 32 heavy (non-hydrogen) atoms. The van der Waals surface area contributed by atoms with Crippen molar-refractivity contribution in [2.24, 2.45) is 7.05 Å². The van der Waals surface area contributed by atoms with Gasteiger partial charge in [-0.05, 0) is 47.4 Å². The molecule has 2 aliphatic heterocycles. The fourth-order valence-corrected chi connectivity index (χ4v) is 5.75. The largest absolute Gasteiger partial charge is 0.493 e. The van der Waals surface area contributed by atoms with Gasteiger partial charge in [0.2, 0.25) is 0 Å². The average molecular weight is 425 g/mol. The standard InChI is InChI=1S/C27H24N2O3/c1-28-16-22(18-8-5-7-11-23(18)28)27-20-10-6-4-9-19(20)26(30)29(27)13-12-17-14-24(31-2)25(32-3)15-21(17)27/h4-11,14-16H,12-13H2,1-3H3/t27-/m1/s1. The van der Waals surface area contributed by atoms with E-state index >= 15 is 0 Å². The summed E-state index contributed by atoms with van der Waals surface area (Å²) in [6.07, 6.45) is 2.95. The lowest BCUT2D eigenvalue weighted by atomic mass is 9.72. The fourth-order valence-electron chi connectivity index (χ4n) is 5.75. The predicted octanol–water partition coefficient (Wildman–Crippen LogP) is 4.50. The van der Waals surface area contributed by atoms with Crippen molar-refractivity contribution < 1.29 is 14.3 Å². The van der Waals surface area contributed by atoms with Crippen LogP contribution in [0, 0.1) is 0 Å². The van der Waals surface area contributed by atoms with Crippen molar-refractivity contribution in [3.63, 3.8) is 0 Å². The zero-order chi connectivity index (χ0) is 22.0. The van der Waals surface area contributed by atoms with Crippen LogP contribution in [0.2, 0.25) is 0 Å². The Balaban J connectivity index is 1.79. The summed E-state index contributed by atoms with van der Waals surface area (Å²) in [5.41, 5.74) is 5.58. The van der Waals surface area contributed by atoms with E-state index in [0.29, 0.717) is 18.0 Å². The lowest BCUT2D eigenvalue weighted by Gasteiger charge is -2.44. The second kappa shape index (κ2) is 6.63. The second-order valence-corrected chi connectivity index (χ2v) is 8.50. The van der Waals surface area contributed by atoms with Crippen molar-refractivity contribution in [1.82, 2.24) is 9.47 Å². The summed E-state index contributed by atoms with van der Waals surface area (Å²) in [4.78, 5) is 15.8. The average Bonchev–Trinajstić information content (AvgIpc) is 3.31. The highest BCUT2D eigenvalue weighted by Crippen LogP contribution is 2.55. The number of rotatable bonds is 3. The molecule has 160 valence electrons. The van der Waals surface area contributed by atoms with Gasteiger partial charge in [-0.25, -0.2) is 0 Å². The molecule has 1 amide bonds. The smallest absolute Gasteiger partial charge is 0.255 e. The van der Waals surface area contributed by atoms with Gasteiger partial charge in [0.25, 0.3) is 5.91 Å². The first kappa shape index (κ1) is 19.0. The molecular weight excluding hydrogens is 400 g/mol. The highest BCUT2D eigenvalue weighted by atomic mass is 16.5. The Bertz CT molecular complexity index is 1400. The lowest BCUT2D eigenvalue weighted by molar-refractivity contribution is 0.0661. The summed E-state index contributed by atoms with van der Waals surface area (Å²) in [5.74, 6) is 1.46. The molecule has 0 aliphatic carbocycles. The highest BCUT2D eigenvalue weighted by molar-refractivity contribution is 6.03. The number of amides is 1. The first-order chi connectivity index (χ1) is 15.6. The van der Waals surface area contributed by atoms with E-state index in [1.165, 1.54) is 5.56 Å². The maximum absolute atomic E-state index is 13.7. The van der Waals surface area contributed by atoms with Crippen molar-refractivity contribution >= 4 is 16.8 Å². The summed E-state index contributed by atoms with van der Waals surface area (Å²) < 4.78 is 13.5. The molecule has 1 atom stereocenters.